The molecule has 5 nitrogen and oxygen atoms in total. The second-order valence-corrected chi connectivity index (χ2v) is 6.63. The zero-order valence-corrected chi connectivity index (χ0v) is 14.8. The summed E-state index contributed by atoms with van der Waals surface area (Å²) >= 11 is 0. The molecule has 1 saturated heterocycles. The summed E-state index contributed by atoms with van der Waals surface area (Å²) in [6, 6.07) is 11.0. The number of likely N-dealkylation sites (N-methyl/N-ethyl adjacent to an activating group) is 1. The van der Waals surface area contributed by atoms with Crippen LogP contribution < -0.4 is 0 Å². The van der Waals surface area contributed by atoms with Gasteiger partial charge < -0.3 is 9.30 Å². The first kappa shape index (κ1) is 17.1. The Morgan fingerprint density at radius 2 is 1.96 bits per heavy atom. The fourth-order valence-electron chi connectivity index (χ4n) is 3.09. The molecule has 1 aliphatic rings. The lowest BCUT2D eigenvalue weighted by Crippen LogP contribution is -2.45. The van der Waals surface area contributed by atoms with Gasteiger partial charge in [0.15, 0.2) is 0 Å². The molecule has 0 saturated carbocycles. The summed E-state index contributed by atoms with van der Waals surface area (Å²) in [5.74, 6) is 1.12. The summed E-state index contributed by atoms with van der Waals surface area (Å²) < 4.78 is 7.67. The van der Waals surface area contributed by atoms with Gasteiger partial charge in [-0.25, -0.2) is 4.98 Å². The van der Waals surface area contributed by atoms with Crippen LogP contribution in [0.2, 0.25) is 0 Å². The maximum atomic E-state index is 5.43. The van der Waals surface area contributed by atoms with Crippen molar-refractivity contribution in [2.75, 3.05) is 39.9 Å². The first-order valence-electron chi connectivity index (χ1n) is 8.76. The standard InChI is InChI=1S/C19H28N4O/c1-17(14-22-10-12-24-13-11-22)21(2)16-19-20-8-9-23(19)15-18-6-4-3-5-7-18/h3-9,17H,10-16H2,1-2H3/t17-/m0/s1. The summed E-state index contributed by atoms with van der Waals surface area (Å²) in [4.78, 5) is 9.44. The Hall–Kier alpha value is -1.69. The van der Waals surface area contributed by atoms with Crippen molar-refractivity contribution in [1.82, 2.24) is 19.4 Å². The molecule has 1 fully saturated rings. The van der Waals surface area contributed by atoms with E-state index >= 15 is 0 Å². The maximum Gasteiger partial charge on any atom is 0.123 e. The van der Waals surface area contributed by atoms with Gasteiger partial charge in [0.1, 0.15) is 5.82 Å². The molecule has 2 aromatic rings. The van der Waals surface area contributed by atoms with E-state index in [1.165, 1.54) is 5.56 Å². The maximum absolute atomic E-state index is 5.43. The van der Waals surface area contributed by atoms with Crippen LogP contribution in [0.3, 0.4) is 0 Å². The molecular weight excluding hydrogens is 300 g/mol. The predicted molar refractivity (Wildman–Crippen MR) is 96.0 cm³/mol. The van der Waals surface area contributed by atoms with Crippen LogP contribution in [0.1, 0.15) is 18.3 Å². The quantitative estimate of drug-likeness (QED) is 0.779. The van der Waals surface area contributed by atoms with Gasteiger partial charge in [0.05, 0.1) is 19.8 Å². The smallest absolute Gasteiger partial charge is 0.123 e. The third-order valence-electron chi connectivity index (χ3n) is 4.77. The van der Waals surface area contributed by atoms with Crippen LogP contribution >= 0.6 is 0 Å². The summed E-state index contributed by atoms with van der Waals surface area (Å²) in [5, 5.41) is 0. The number of imidazole rings is 1. The Labute approximate surface area is 144 Å². The van der Waals surface area contributed by atoms with E-state index in [1.807, 2.05) is 6.20 Å². The number of benzene rings is 1. The van der Waals surface area contributed by atoms with Crippen molar-refractivity contribution in [2.24, 2.45) is 0 Å². The van der Waals surface area contributed by atoms with Crippen molar-refractivity contribution in [3.05, 3.63) is 54.1 Å². The third-order valence-corrected chi connectivity index (χ3v) is 4.77. The molecule has 0 N–H and O–H groups in total. The third kappa shape index (κ3) is 4.66. The van der Waals surface area contributed by atoms with Gasteiger partial charge in [0.25, 0.3) is 0 Å². The molecule has 0 unspecified atom stereocenters. The highest BCUT2D eigenvalue weighted by molar-refractivity contribution is 5.15. The number of hydrogen-bond acceptors (Lipinski definition) is 4. The number of nitrogens with zero attached hydrogens (tertiary/aromatic N) is 4. The topological polar surface area (TPSA) is 33.5 Å². The van der Waals surface area contributed by atoms with E-state index in [0.29, 0.717) is 6.04 Å². The van der Waals surface area contributed by atoms with E-state index in [9.17, 15) is 0 Å². The average molecular weight is 328 g/mol. The van der Waals surface area contributed by atoms with Gasteiger partial charge in [-0.1, -0.05) is 30.3 Å². The zero-order valence-electron chi connectivity index (χ0n) is 14.8. The van der Waals surface area contributed by atoms with Crippen LogP contribution in [-0.4, -0.2) is 65.3 Å². The molecule has 0 aliphatic carbocycles. The molecule has 1 aromatic carbocycles. The fourth-order valence-corrected chi connectivity index (χ4v) is 3.09. The van der Waals surface area contributed by atoms with Crippen molar-refractivity contribution in [1.29, 1.82) is 0 Å². The lowest BCUT2D eigenvalue weighted by molar-refractivity contribution is 0.0259. The molecule has 0 spiro atoms. The lowest BCUT2D eigenvalue weighted by Gasteiger charge is -2.33. The minimum absolute atomic E-state index is 0.491. The van der Waals surface area contributed by atoms with E-state index in [2.05, 4.69) is 69.9 Å². The largest absolute Gasteiger partial charge is 0.379 e. The van der Waals surface area contributed by atoms with E-state index in [4.69, 9.17) is 4.74 Å². The van der Waals surface area contributed by atoms with Crippen LogP contribution in [0.5, 0.6) is 0 Å². The second-order valence-electron chi connectivity index (χ2n) is 6.63. The van der Waals surface area contributed by atoms with Gasteiger partial charge in [-0.2, -0.15) is 0 Å². The first-order valence-corrected chi connectivity index (χ1v) is 8.76. The van der Waals surface area contributed by atoms with Gasteiger partial charge in [-0.05, 0) is 19.5 Å². The van der Waals surface area contributed by atoms with E-state index < -0.39 is 0 Å². The predicted octanol–water partition coefficient (Wildman–Crippen LogP) is 2.08. The highest BCUT2D eigenvalue weighted by Gasteiger charge is 2.18. The highest BCUT2D eigenvalue weighted by atomic mass is 16.5. The van der Waals surface area contributed by atoms with Crippen molar-refractivity contribution in [3.8, 4) is 0 Å². The summed E-state index contributed by atoms with van der Waals surface area (Å²) in [7, 11) is 2.19. The van der Waals surface area contributed by atoms with Crippen LogP contribution in [-0.2, 0) is 17.8 Å². The van der Waals surface area contributed by atoms with Gasteiger partial charge in [0.2, 0.25) is 0 Å². The van der Waals surface area contributed by atoms with Gasteiger partial charge >= 0.3 is 0 Å². The molecule has 1 aliphatic heterocycles. The molecule has 130 valence electrons. The molecule has 0 radical (unpaired) electrons. The minimum atomic E-state index is 0.491. The van der Waals surface area contributed by atoms with Crippen LogP contribution in [0.15, 0.2) is 42.7 Å². The second kappa shape index (κ2) is 8.42. The molecule has 0 amide bonds. The van der Waals surface area contributed by atoms with E-state index in [0.717, 1.165) is 51.8 Å². The zero-order chi connectivity index (χ0) is 16.8. The van der Waals surface area contributed by atoms with Crippen LogP contribution in [0, 0.1) is 0 Å². The number of morpholine rings is 1. The Morgan fingerprint density at radius 3 is 2.71 bits per heavy atom. The Kier molecular flexibility index (Phi) is 6.01. The van der Waals surface area contributed by atoms with E-state index in [-0.39, 0.29) is 0 Å². The van der Waals surface area contributed by atoms with Gasteiger partial charge in [-0.15, -0.1) is 0 Å². The van der Waals surface area contributed by atoms with Crippen LogP contribution in [0.25, 0.3) is 0 Å². The number of hydrogen-bond donors (Lipinski definition) is 0. The molecule has 2 heterocycles. The van der Waals surface area contributed by atoms with E-state index in [1.54, 1.807) is 0 Å². The summed E-state index contributed by atoms with van der Waals surface area (Å²) in [5.41, 5.74) is 1.31. The normalized spacial score (nSPS) is 17.3. The van der Waals surface area contributed by atoms with Gasteiger partial charge in [-0.3, -0.25) is 9.80 Å². The van der Waals surface area contributed by atoms with Crippen molar-refractivity contribution in [3.63, 3.8) is 0 Å². The molecule has 3 rings (SSSR count). The monoisotopic (exact) mass is 328 g/mol. The van der Waals surface area contributed by atoms with Crippen molar-refractivity contribution >= 4 is 0 Å². The van der Waals surface area contributed by atoms with Crippen molar-refractivity contribution in [2.45, 2.75) is 26.1 Å². The Morgan fingerprint density at radius 1 is 1.21 bits per heavy atom. The summed E-state index contributed by atoms with van der Waals surface area (Å²) in [6.07, 6.45) is 3.97. The highest BCUT2D eigenvalue weighted by Crippen LogP contribution is 2.10. The van der Waals surface area contributed by atoms with Gasteiger partial charge in [0, 0.05) is 44.6 Å². The molecule has 24 heavy (non-hydrogen) atoms. The summed E-state index contributed by atoms with van der Waals surface area (Å²) in [6.45, 7) is 8.92. The minimum Gasteiger partial charge on any atom is -0.379 e. The molecule has 1 atom stereocenters. The number of aromatic nitrogens is 2. The Bertz CT molecular complexity index is 607. The number of rotatable bonds is 7. The Balaban J connectivity index is 1.56. The van der Waals surface area contributed by atoms with Crippen LogP contribution in [0.4, 0.5) is 0 Å². The molecule has 0 bridgehead atoms. The first-order chi connectivity index (χ1) is 11.7. The SMILES string of the molecule is C[C@@H](CN1CCOCC1)N(C)Cc1nccn1Cc1ccccc1. The fraction of sp³-hybridized carbons (Fsp3) is 0.526. The molecular formula is C19H28N4O. The number of ether oxygens (including phenoxy) is 1. The van der Waals surface area contributed by atoms with Crippen molar-refractivity contribution < 1.29 is 4.74 Å². The lowest BCUT2D eigenvalue weighted by atomic mass is 10.2. The molecule has 1 aromatic heterocycles. The molecule has 5 heteroatoms. The average Bonchev–Trinajstić information content (AvgIpc) is 3.03.